The van der Waals surface area contributed by atoms with E-state index in [-0.39, 0.29) is 11.3 Å². The molecule has 2 aliphatic heterocycles. The first kappa shape index (κ1) is 13.6. The van der Waals surface area contributed by atoms with Crippen LogP contribution in [0.15, 0.2) is 40.7 Å². The number of rotatable bonds is 3. The fraction of sp³-hybridized carbons (Fsp3) is 0.400. The monoisotopic (exact) mass is 287 g/mol. The van der Waals surface area contributed by atoms with Crippen LogP contribution in [-0.2, 0) is 16.0 Å². The summed E-state index contributed by atoms with van der Waals surface area (Å²) in [5.41, 5.74) is 0.927. The summed E-state index contributed by atoms with van der Waals surface area (Å²) in [6.45, 7) is 1.39. The van der Waals surface area contributed by atoms with Crippen molar-refractivity contribution in [1.82, 2.24) is 10.3 Å². The van der Waals surface area contributed by atoms with Gasteiger partial charge in [-0.3, -0.25) is 9.98 Å². The highest BCUT2D eigenvalue weighted by atomic mass is 16.6. The van der Waals surface area contributed by atoms with Gasteiger partial charge in [-0.2, -0.15) is 0 Å². The number of aliphatic imine (C=N–C) groups is 1. The van der Waals surface area contributed by atoms with Gasteiger partial charge in [-0.1, -0.05) is 6.07 Å². The zero-order valence-corrected chi connectivity index (χ0v) is 11.6. The van der Waals surface area contributed by atoms with Crippen LogP contribution in [0, 0.1) is 0 Å². The van der Waals surface area contributed by atoms with E-state index in [2.05, 4.69) is 15.3 Å². The predicted octanol–water partition coefficient (Wildman–Crippen LogP) is 1.14. The maximum absolute atomic E-state index is 12.0. The molecule has 1 aromatic rings. The van der Waals surface area contributed by atoms with E-state index >= 15 is 0 Å². The molecule has 6 heteroatoms. The molecule has 0 spiro atoms. The second-order valence-electron chi connectivity index (χ2n) is 5.04. The van der Waals surface area contributed by atoms with Crippen molar-refractivity contribution in [2.24, 2.45) is 4.99 Å². The summed E-state index contributed by atoms with van der Waals surface area (Å²) in [5, 5.41) is 13.4. The van der Waals surface area contributed by atoms with Crippen molar-refractivity contribution in [3.63, 3.8) is 0 Å². The molecule has 0 unspecified atom stereocenters. The first-order valence-electron chi connectivity index (χ1n) is 7.08. The number of nitrogens with zero attached hydrogens (tertiary/aromatic N) is 2. The average molecular weight is 287 g/mol. The molecule has 2 N–H and O–H groups in total. The number of carbonyl (C=O) groups excluding carboxylic acids is 1. The zero-order valence-electron chi connectivity index (χ0n) is 11.6. The number of hydrogen-bond donors (Lipinski definition) is 2. The van der Waals surface area contributed by atoms with Crippen molar-refractivity contribution in [2.75, 3.05) is 13.1 Å². The lowest BCUT2D eigenvalue weighted by Crippen LogP contribution is -2.28. The minimum absolute atomic E-state index is 0.0567. The van der Waals surface area contributed by atoms with Crippen LogP contribution >= 0.6 is 0 Å². The SMILES string of the molecule is O=C1O[C@H](Cc2ccccn2)C(O)=C1C1=NCCCCN1. The molecule has 1 aromatic heterocycles. The highest BCUT2D eigenvalue weighted by Crippen LogP contribution is 2.24. The first-order valence-corrected chi connectivity index (χ1v) is 7.08. The highest BCUT2D eigenvalue weighted by molar-refractivity contribution is 6.20. The van der Waals surface area contributed by atoms with E-state index in [4.69, 9.17) is 4.74 Å². The Morgan fingerprint density at radius 1 is 1.38 bits per heavy atom. The number of esters is 1. The van der Waals surface area contributed by atoms with Crippen molar-refractivity contribution < 1.29 is 14.6 Å². The van der Waals surface area contributed by atoms with Gasteiger partial charge in [0.1, 0.15) is 11.4 Å². The largest absolute Gasteiger partial charge is 0.507 e. The Balaban J connectivity index is 1.82. The maximum atomic E-state index is 12.0. The Bertz CT molecular complexity index is 595. The maximum Gasteiger partial charge on any atom is 0.346 e. The van der Waals surface area contributed by atoms with E-state index in [9.17, 15) is 9.90 Å². The topological polar surface area (TPSA) is 83.8 Å². The van der Waals surface area contributed by atoms with E-state index in [0.717, 1.165) is 25.1 Å². The van der Waals surface area contributed by atoms with Gasteiger partial charge < -0.3 is 15.2 Å². The fourth-order valence-corrected chi connectivity index (χ4v) is 2.43. The summed E-state index contributed by atoms with van der Waals surface area (Å²) in [6.07, 6.45) is 3.31. The van der Waals surface area contributed by atoms with Crippen molar-refractivity contribution in [1.29, 1.82) is 0 Å². The predicted molar refractivity (Wildman–Crippen MR) is 77.0 cm³/mol. The average Bonchev–Trinajstić information content (AvgIpc) is 2.70. The molecule has 1 atom stereocenters. The Hall–Kier alpha value is -2.37. The molecule has 6 nitrogen and oxygen atoms in total. The number of carbonyl (C=O) groups is 1. The molecule has 21 heavy (non-hydrogen) atoms. The third kappa shape index (κ3) is 2.89. The molecule has 0 aromatic carbocycles. The van der Waals surface area contributed by atoms with Gasteiger partial charge in [-0.15, -0.1) is 0 Å². The number of aliphatic hydroxyl groups is 1. The number of nitrogens with one attached hydrogen (secondary N) is 1. The smallest absolute Gasteiger partial charge is 0.346 e. The quantitative estimate of drug-likeness (QED) is 0.815. The van der Waals surface area contributed by atoms with Crippen LogP contribution < -0.4 is 5.32 Å². The van der Waals surface area contributed by atoms with Gasteiger partial charge in [0, 0.05) is 31.4 Å². The molecule has 0 fully saturated rings. The van der Waals surface area contributed by atoms with Gasteiger partial charge >= 0.3 is 5.97 Å². The minimum Gasteiger partial charge on any atom is -0.507 e. The Kier molecular flexibility index (Phi) is 3.85. The molecule has 3 rings (SSSR count). The number of ether oxygens (including phenoxy) is 1. The van der Waals surface area contributed by atoms with E-state index in [1.807, 2.05) is 18.2 Å². The number of hydrogen-bond acceptors (Lipinski definition) is 6. The van der Waals surface area contributed by atoms with Crippen LogP contribution in [-0.4, -0.2) is 41.1 Å². The minimum atomic E-state index is -0.685. The molecule has 110 valence electrons. The van der Waals surface area contributed by atoms with Crippen LogP contribution in [0.5, 0.6) is 0 Å². The summed E-state index contributed by atoms with van der Waals surface area (Å²) in [5.74, 6) is -0.140. The molecular formula is C15H17N3O3. The van der Waals surface area contributed by atoms with Crippen LogP contribution in [0.3, 0.4) is 0 Å². The third-order valence-corrected chi connectivity index (χ3v) is 3.52. The van der Waals surface area contributed by atoms with Crippen LogP contribution in [0.2, 0.25) is 0 Å². The highest BCUT2D eigenvalue weighted by Gasteiger charge is 2.37. The summed E-state index contributed by atoms with van der Waals surface area (Å²) < 4.78 is 5.26. The number of pyridine rings is 1. The fourth-order valence-electron chi connectivity index (χ4n) is 2.43. The van der Waals surface area contributed by atoms with Gasteiger partial charge in [0.15, 0.2) is 11.9 Å². The lowest BCUT2D eigenvalue weighted by molar-refractivity contribution is -0.139. The molecular weight excluding hydrogens is 270 g/mol. The Labute approximate surface area is 122 Å². The molecule has 0 saturated carbocycles. The number of amidine groups is 1. The lowest BCUT2D eigenvalue weighted by Gasteiger charge is -2.09. The van der Waals surface area contributed by atoms with Crippen LogP contribution in [0.25, 0.3) is 0 Å². The van der Waals surface area contributed by atoms with Crippen molar-refractivity contribution in [3.8, 4) is 0 Å². The summed E-state index contributed by atoms with van der Waals surface area (Å²) in [7, 11) is 0. The van der Waals surface area contributed by atoms with Crippen LogP contribution in [0.4, 0.5) is 0 Å². The Morgan fingerprint density at radius 3 is 3.10 bits per heavy atom. The van der Waals surface area contributed by atoms with Crippen LogP contribution in [0.1, 0.15) is 18.5 Å². The second kappa shape index (κ2) is 5.95. The molecule has 0 saturated heterocycles. The standard InChI is InChI=1S/C15H17N3O3/c19-13-11(9-10-5-1-2-6-16-10)21-15(20)12(13)14-17-7-3-4-8-18-14/h1-2,5-6,11,19H,3-4,7-9H2,(H,17,18)/t11-/m1/s1. The summed E-state index contributed by atoms with van der Waals surface area (Å²) >= 11 is 0. The molecule has 3 heterocycles. The van der Waals surface area contributed by atoms with E-state index in [0.29, 0.717) is 18.8 Å². The van der Waals surface area contributed by atoms with Gasteiger partial charge in [0.25, 0.3) is 0 Å². The number of aliphatic hydroxyl groups excluding tert-OH is 1. The van der Waals surface area contributed by atoms with Crippen molar-refractivity contribution in [2.45, 2.75) is 25.4 Å². The van der Waals surface area contributed by atoms with Crippen molar-refractivity contribution in [3.05, 3.63) is 41.4 Å². The normalized spacial score (nSPS) is 22.4. The number of cyclic esters (lactones) is 1. The van der Waals surface area contributed by atoms with Crippen molar-refractivity contribution >= 4 is 11.8 Å². The van der Waals surface area contributed by atoms with Gasteiger partial charge in [-0.05, 0) is 25.0 Å². The van der Waals surface area contributed by atoms with Gasteiger partial charge in [-0.25, -0.2) is 4.79 Å². The molecule has 2 aliphatic rings. The van der Waals surface area contributed by atoms with Gasteiger partial charge in [0.05, 0.1) is 0 Å². The van der Waals surface area contributed by atoms with E-state index < -0.39 is 12.1 Å². The van der Waals surface area contributed by atoms with E-state index in [1.54, 1.807) is 6.20 Å². The zero-order chi connectivity index (χ0) is 14.7. The first-order chi connectivity index (χ1) is 10.3. The molecule has 0 amide bonds. The summed E-state index contributed by atoms with van der Waals surface area (Å²) in [6, 6.07) is 5.51. The lowest BCUT2D eigenvalue weighted by atomic mass is 10.1. The number of aromatic nitrogens is 1. The Morgan fingerprint density at radius 2 is 2.29 bits per heavy atom. The second-order valence-corrected chi connectivity index (χ2v) is 5.04. The molecule has 0 bridgehead atoms. The van der Waals surface area contributed by atoms with E-state index in [1.165, 1.54) is 0 Å². The molecule has 0 radical (unpaired) electrons. The third-order valence-electron chi connectivity index (χ3n) is 3.52. The molecule has 0 aliphatic carbocycles. The summed E-state index contributed by atoms with van der Waals surface area (Å²) in [4.78, 5) is 20.5. The van der Waals surface area contributed by atoms with Gasteiger partial charge in [0.2, 0.25) is 0 Å².